The number of benzene rings is 2. The Morgan fingerprint density at radius 1 is 1.10 bits per heavy atom. The molecule has 0 bridgehead atoms. The van der Waals surface area contributed by atoms with Gasteiger partial charge >= 0.3 is 5.97 Å². The molecule has 0 aliphatic rings. The van der Waals surface area contributed by atoms with E-state index < -0.39 is 5.97 Å². The topological polar surface area (TPSA) is 105 Å². The third kappa shape index (κ3) is 6.56. The number of nitrogens with one attached hydrogen (secondary N) is 1. The molecule has 0 aliphatic heterocycles. The van der Waals surface area contributed by atoms with Crippen LogP contribution < -0.4 is 5.43 Å². The number of carboxylic acids is 1. The number of amides is 1. The van der Waals surface area contributed by atoms with Gasteiger partial charge in [0.25, 0.3) is 5.91 Å². The lowest BCUT2D eigenvalue weighted by molar-refractivity contribution is -0.118. The van der Waals surface area contributed by atoms with Gasteiger partial charge in [0.15, 0.2) is 8.68 Å². The molecule has 2 aromatic carbocycles. The Morgan fingerprint density at radius 2 is 1.80 bits per heavy atom. The second kappa shape index (κ2) is 11.1. The Hall–Kier alpha value is -2.40. The fourth-order valence-corrected chi connectivity index (χ4v) is 5.30. The first-order valence-corrected chi connectivity index (χ1v) is 11.7. The molecule has 1 amide bonds. The van der Waals surface area contributed by atoms with Crippen LogP contribution in [-0.4, -0.2) is 39.1 Å². The average Bonchev–Trinajstić information content (AvgIpc) is 3.20. The molecule has 0 fully saturated rings. The highest BCUT2D eigenvalue weighted by Gasteiger charge is 2.10. The number of hydrogen-bond acceptors (Lipinski definition) is 8. The SMILES string of the molecule is O=C(CSc1nnc(SCc2ccccc2Cl)s1)NN=Cc1ccccc1C(=O)O. The van der Waals surface area contributed by atoms with Crippen LogP contribution in [-0.2, 0) is 10.5 Å². The Balaban J connectivity index is 1.45. The molecule has 154 valence electrons. The molecule has 0 saturated heterocycles. The van der Waals surface area contributed by atoms with Crippen molar-refractivity contribution in [3.63, 3.8) is 0 Å². The fourth-order valence-electron chi connectivity index (χ4n) is 2.21. The first-order valence-electron chi connectivity index (χ1n) is 8.49. The minimum atomic E-state index is -1.06. The number of hydrazone groups is 1. The summed E-state index contributed by atoms with van der Waals surface area (Å²) >= 11 is 10.3. The number of carboxylic acid groups (broad SMARTS) is 1. The zero-order chi connectivity index (χ0) is 21.3. The molecular formula is C19H15ClN4O3S3. The Kier molecular flexibility index (Phi) is 8.26. The van der Waals surface area contributed by atoms with Gasteiger partial charge in [-0.05, 0) is 17.7 Å². The molecular weight excluding hydrogens is 464 g/mol. The molecule has 30 heavy (non-hydrogen) atoms. The van der Waals surface area contributed by atoms with E-state index in [9.17, 15) is 9.59 Å². The number of carbonyl (C=O) groups excluding carboxylic acids is 1. The number of carbonyl (C=O) groups is 2. The third-order valence-corrected chi connectivity index (χ3v) is 7.22. The predicted octanol–water partition coefficient (Wildman–Crippen LogP) is 4.42. The van der Waals surface area contributed by atoms with Gasteiger partial charge in [-0.25, -0.2) is 10.2 Å². The number of halogens is 1. The van der Waals surface area contributed by atoms with E-state index in [1.54, 1.807) is 18.2 Å². The Morgan fingerprint density at radius 3 is 2.57 bits per heavy atom. The zero-order valence-electron chi connectivity index (χ0n) is 15.3. The van der Waals surface area contributed by atoms with Crippen LogP contribution >= 0.6 is 46.5 Å². The summed E-state index contributed by atoms with van der Waals surface area (Å²) in [7, 11) is 0. The normalized spacial score (nSPS) is 11.0. The molecule has 0 spiro atoms. The van der Waals surface area contributed by atoms with Crippen molar-refractivity contribution in [3.05, 3.63) is 70.2 Å². The molecule has 1 aromatic heterocycles. The van der Waals surface area contributed by atoms with Crippen molar-refractivity contribution in [2.24, 2.45) is 5.10 Å². The van der Waals surface area contributed by atoms with E-state index in [2.05, 4.69) is 20.7 Å². The summed E-state index contributed by atoms with van der Waals surface area (Å²) in [5.74, 6) is -0.587. The lowest BCUT2D eigenvalue weighted by Gasteiger charge is -2.01. The van der Waals surface area contributed by atoms with E-state index >= 15 is 0 Å². The van der Waals surface area contributed by atoms with Crippen molar-refractivity contribution in [2.45, 2.75) is 14.4 Å². The second-order valence-electron chi connectivity index (χ2n) is 5.69. The third-order valence-electron chi connectivity index (χ3n) is 3.61. The molecule has 0 saturated carbocycles. The van der Waals surface area contributed by atoms with Crippen molar-refractivity contribution >= 4 is 64.6 Å². The molecule has 1 heterocycles. The van der Waals surface area contributed by atoms with E-state index in [4.69, 9.17) is 16.7 Å². The van der Waals surface area contributed by atoms with Gasteiger partial charge < -0.3 is 5.11 Å². The van der Waals surface area contributed by atoms with Crippen LogP contribution in [0, 0.1) is 0 Å². The molecule has 0 atom stereocenters. The molecule has 3 rings (SSSR count). The predicted molar refractivity (Wildman–Crippen MR) is 121 cm³/mol. The molecule has 0 unspecified atom stereocenters. The maximum absolute atomic E-state index is 12.0. The van der Waals surface area contributed by atoms with Crippen molar-refractivity contribution in [2.75, 3.05) is 5.75 Å². The van der Waals surface area contributed by atoms with Crippen LogP contribution in [0.5, 0.6) is 0 Å². The van der Waals surface area contributed by atoms with Crippen LogP contribution in [0.25, 0.3) is 0 Å². The Bertz CT molecular complexity index is 1070. The minimum absolute atomic E-state index is 0.112. The van der Waals surface area contributed by atoms with Gasteiger partial charge in [-0.15, -0.1) is 10.2 Å². The summed E-state index contributed by atoms with van der Waals surface area (Å²) < 4.78 is 1.47. The number of rotatable bonds is 9. The van der Waals surface area contributed by atoms with E-state index in [1.807, 2.05) is 24.3 Å². The molecule has 7 nitrogen and oxygen atoms in total. The zero-order valence-corrected chi connectivity index (χ0v) is 18.5. The fraction of sp³-hybridized carbons (Fsp3) is 0.105. The second-order valence-corrected chi connectivity index (χ2v) is 9.52. The number of aromatic carboxylic acids is 1. The van der Waals surface area contributed by atoms with Crippen molar-refractivity contribution < 1.29 is 14.7 Å². The quantitative estimate of drug-likeness (QED) is 0.266. The molecule has 0 aliphatic carbocycles. The summed E-state index contributed by atoms with van der Waals surface area (Å²) in [5, 5.41) is 21.9. The number of aromatic nitrogens is 2. The van der Waals surface area contributed by atoms with E-state index in [1.165, 1.54) is 47.1 Å². The summed E-state index contributed by atoms with van der Waals surface area (Å²) in [6, 6.07) is 14.0. The van der Waals surface area contributed by atoms with Crippen LogP contribution in [0.4, 0.5) is 0 Å². The van der Waals surface area contributed by atoms with Gasteiger partial charge in [-0.1, -0.05) is 82.9 Å². The van der Waals surface area contributed by atoms with Crippen molar-refractivity contribution in [1.82, 2.24) is 15.6 Å². The van der Waals surface area contributed by atoms with Gasteiger partial charge in [0, 0.05) is 16.3 Å². The van der Waals surface area contributed by atoms with Crippen LogP contribution in [0.3, 0.4) is 0 Å². The highest BCUT2D eigenvalue weighted by atomic mass is 35.5. The summed E-state index contributed by atoms with van der Waals surface area (Å²) in [6.07, 6.45) is 1.31. The molecule has 0 radical (unpaired) electrons. The summed E-state index contributed by atoms with van der Waals surface area (Å²) in [6.45, 7) is 0. The molecule has 3 aromatic rings. The highest BCUT2D eigenvalue weighted by Crippen LogP contribution is 2.32. The first kappa shape index (κ1) is 22.3. The van der Waals surface area contributed by atoms with E-state index in [0.717, 1.165) is 9.90 Å². The summed E-state index contributed by atoms with van der Waals surface area (Å²) in [4.78, 5) is 23.1. The van der Waals surface area contributed by atoms with Gasteiger partial charge in [-0.2, -0.15) is 5.10 Å². The average molecular weight is 479 g/mol. The number of hydrogen-bond donors (Lipinski definition) is 2. The smallest absolute Gasteiger partial charge is 0.336 e. The van der Waals surface area contributed by atoms with Crippen LogP contribution in [0.1, 0.15) is 21.5 Å². The van der Waals surface area contributed by atoms with Gasteiger partial charge in [0.05, 0.1) is 17.5 Å². The van der Waals surface area contributed by atoms with Gasteiger partial charge in [-0.3, -0.25) is 4.79 Å². The lowest BCUT2D eigenvalue weighted by atomic mass is 10.1. The van der Waals surface area contributed by atoms with E-state index in [-0.39, 0.29) is 17.2 Å². The maximum Gasteiger partial charge on any atom is 0.336 e. The van der Waals surface area contributed by atoms with Gasteiger partial charge in [0.2, 0.25) is 0 Å². The first-order chi connectivity index (χ1) is 14.5. The van der Waals surface area contributed by atoms with E-state index in [0.29, 0.717) is 20.7 Å². The highest BCUT2D eigenvalue weighted by molar-refractivity contribution is 8.03. The monoisotopic (exact) mass is 478 g/mol. The standard InChI is InChI=1S/C19H15ClN4O3S3/c20-15-8-4-2-6-13(15)10-28-18-23-24-19(30-18)29-11-16(25)22-21-9-12-5-1-3-7-14(12)17(26)27/h1-9H,10-11H2,(H,22,25)(H,26,27). The number of nitrogens with zero attached hydrogens (tertiary/aromatic N) is 3. The lowest BCUT2D eigenvalue weighted by Crippen LogP contribution is -2.19. The van der Waals surface area contributed by atoms with Crippen molar-refractivity contribution in [3.8, 4) is 0 Å². The summed E-state index contributed by atoms with van der Waals surface area (Å²) in [5.41, 5.74) is 3.92. The largest absolute Gasteiger partial charge is 0.478 e. The molecule has 11 heteroatoms. The maximum atomic E-state index is 12.0. The number of thioether (sulfide) groups is 2. The van der Waals surface area contributed by atoms with Gasteiger partial charge in [0.1, 0.15) is 0 Å². The van der Waals surface area contributed by atoms with Crippen LogP contribution in [0.2, 0.25) is 5.02 Å². The van der Waals surface area contributed by atoms with Crippen molar-refractivity contribution in [1.29, 1.82) is 0 Å². The molecule has 2 N–H and O–H groups in total. The Labute approximate surface area is 190 Å². The minimum Gasteiger partial charge on any atom is -0.478 e. The van der Waals surface area contributed by atoms with Crippen LogP contribution in [0.15, 0.2) is 62.3 Å².